The van der Waals surface area contributed by atoms with Crippen molar-refractivity contribution in [3.63, 3.8) is 0 Å². The predicted molar refractivity (Wildman–Crippen MR) is 77.7 cm³/mol. The smallest absolute Gasteiger partial charge is 0.240 e. The van der Waals surface area contributed by atoms with Crippen molar-refractivity contribution in [3.8, 4) is 0 Å². The highest BCUT2D eigenvalue weighted by Crippen LogP contribution is 2.61. The second-order valence-corrected chi connectivity index (χ2v) is 6.68. The number of rotatable bonds is 5. The Labute approximate surface area is 160 Å². The van der Waals surface area contributed by atoms with Gasteiger partial charge >= 0.3 is 31.5 Å². The van der Waals surface area contributed by atoms with Crippen LogP contribution in [-0.2, 0) is 0 Å². The average molecular weight is 714 g/mol. The largest absolute Gasteiger partial charge is 0.387 e. The van der Waals surface area contributed by atoms with Crippen LogP contribution in [0.1, 0.15) is 0 Å². The van der Waals surface area contributed by atoms with E-state index in [-0.39, 0.29) is 4.68 Å². The van der Waals surface area contributed by atoms with Crippen molar-refractivity contribution in [3.05, 3.63) is 0 Å². The van der Waals surface area contributed by atoms with Crippen LogP contribution in [-0.4, -0.2) is 36.2 Å². The van der Waals surface area contributed by atoms with Gasteiger partial charge in [0.15, 0.2) is 0 Å². The highest BCUT2D eigenvalue weighted by molar-refractivity contribution is 14.1. The Hall–Kier alpha value is 1.28. The van der Waals surface area contributed by atoms with Crippen LogP contribution in [0, 0.1) is 0 Å². The van der Waals surface area contributed by atoms with Gasteiger partial charge < -0.3 is 0 Å². The van der Waals surface area contributed by atoms with Crippen molar-refractivity contribution < 1.29 is 57.1 Å². The van der Waals surface area contributed by atoms with E-state index in [1.165, 1.54) is 0 Å². The van der Waals surface area contributed by atoms with Gasteiger partial charge in [-0.1, -0.05) is 0 Å². The molecule has 0 aliphatic carbocycles. The van der Waals surface area contributed by atoms with Crippen LogP contribution >= 0.6 is 67.8 Å². The third-order valence-corrected chi connectivity index (χ3v) is 3.25. The Morgan fingerprint density at radius 1 is 0.478 bits per heavy atom. The number of halogens is 16. The van der Waals surface area contributed by atoms with Crippen molar-refractivity contribution in [2.24, 2.45) is 0 Å². The van der Waals surface area contributed by atoms with Gasteiger partial charge in [0.2, 0.25) is 0 Å². The van der Waals surface area contributed by atoms with Crippen LogP contribution in [0.4, 0.5) is 57.1 Å². The quantitative estimate of drug-likeness (QED) is 0.165. The third kappa shape index (κ3) is 4.92. The summed E-state index contributed by atoms with van der Waals surface area (Å²) >= 11 is 0.227. The maximum Gasteiger partial charge on any atom is 0.387 e. The molecule has 0 heterocycles. The molecule has 0 N–H and O–H groups in total. The Morgan fingerprint density at radius 3 is 0.696 bits per heavy atom. The summed E-state index contributed by atoms with van der Waals surface area (Å²) in [7, 11) is 0. The molecule has 23 heavy (non-hydrogen) atoms. The zero-order valence-corrected chi connectivity index (χ0v) is 16.2. The first kappa shape index (κ1) is 26.5. The van der Waals surface area contributed by atoms with E-state index < -0.39 is 76.7 Å². The lowest BCUT2D eigenvalue weighted by atomic mass is 9.99. The van der Waals surface area contributed by atoms with Crippen molar-refractivity contribution in [1.29, 1.82) is 0 Å². The van der Waals surface area contributed by atoms with Crippen molar-refractivity contribution in [2.75, 3.05) is 4.68 Å². The zero-order valence-electron chi connectivity index (χ0n) is 9.75. The van der Waals surface area contributed by atoms with Crippen molar-refractivity contribution >= 4 is 67.8 Å². The van der Waals surface area contributed by atoms with Gasteiger partial charge in [-0.05, 0) is 22.6 Å². The van der Waals surface area contributed by atoms with E-state index >= 15 is 0 Å². The molecule has 0 aromatic rings. The molecule has 142 valence electrons. The first-order chi connectivity index (χ1) is 9.66. The molecule has 0 saturated heterocycles. The summed E-state index contributed by atoms with van der Waals surface area (Å²) in [6.45, 7) is 0. The second kappa shape index (κ2) is 7.89. The van der Waals surface area contributed by atoms with Crippen LogP contribution in [0.15, 0.2) is 0 Å². The van der Waals surface area contributed by atoms with E-state index in [9.17, 15) is 57.1 Å². The van der Waals surface area contributed by atoms with Gasteiger partial charge in [0.1, 0.15) is 4.68 Å². The van der Waals surface area contributed by atoms with Crippen LogP contribution in [0.5, 0.6) is 0 Å². The molecule has 0 saturated carbocycles. The molecule has 0 nitrogen and oxygen atoms in total. The summed E-state index contributed by atoms with van der Waals surface area (Å²) < 4.78 is 148. The summed E-state index contributed by atoms with van der Waals surface area (Å²) in [6.07, 6.45) is 0. The normalized spacial score (nSPS) is 15.1. The summed E-state index contributed by atoms with van der Waals surface area (Å²) in [5, 5.41) is 0. The minimum absolute atomic E-state index is 0.280. The lowest BCUT2D eigenvalue weighted by Gasteiger charge is -2.39. The lowest BCUT2D eigenvalue weighted by Crippen LogP contribution is -2.68. The van der Waals surface area contributed by atoms with Crippen LogP contribution in [0.25, 0.3) is 0 Å². The summed E-state index contributed by atoms with van der Waals surface area (Å²) in [4.78, 5) is 0. The van der Waals surface area contributed by atoms with Crippen LogP contribution in [0.2, 0.25) is 0 Å². The minimum Gasteiger partial charge on any atom is -0.240 e. The Kier molecular flexibility index (Phi) is 9.09. The molecule has 0 atom stereocenters. The summed E-state index contributed by atoms with van der Waals surface area (Å²) in [5.74, 6) is -28.9. The molecule has 0 aliphatic heterocycles. The van der Waals surface area contributed by atoms with Gasteiger partial charge in [0, 0.05) is 45.2 Å². The van der Waals surface area contributed by atoms with E-state index in [4.69, 9.17) is 0 Å². The monoisotopic (exact) mass is 714 g/mol. The van der Waals surface area contributed by atoms with Gasteiger partial charge in [0.05, 0.1) is 0 Å². The first-order valence-electron chi connectivity index (χ1n) is 4.43. The van der Waals surface area contributed by atoms with E-state index in [0.29, 0.717) is 0 Å². The minimum atomic E-state index is -7.44. The van der Waals surface area contributed by atoms with Crippen molar-refractivity contribution in [1.82, 2.24) is 0 Å². The molecule has 0 bridgehead atoms. The number of hydrogen-bond acceptors (Lipinski definition) is 0. The first-order valence-corrected chi connectivity index (χ1v) is 8.11. The van der Waals surface area contributed by atoms with Crippen molar-refractivity contribution in [2.45, 2.75) is 31.5 Å². The molecule has 0 fully saturated rings. The highest BCUT2D eigenvalue weighted by Gasteiger charge is 2.89. The maximum absolute atomic E-state index is 12.7. The molecule has 0 rings (SSSR count). The fraction of sp³-hybridized carbons (Fsp3) is 1.00. The van der Waals surface area contributed by atoms with Crippen LogP contribution < -0.4 is 0 Å². The molecule has 0 aliphatic rings. The summed E-state index contributed by atoms with van der Waals surface area (Å²) in [6, 6.07) is 0. The van der Waals surface area contributed by atoms with E-state index in [1.54, 1.807) is 22.6 Å². The molecule has 0 aromatic carbocycles. The molecule has 0 spiro atoms. The van der Waals surface area contributed by atoms with E-state index in [1.807, 2.05) is 0 Å². The number of hydrogen-bond donors (Lipinski definition) is 0. The Bertz CT molecular complexity index is 346. The van der Waals surface area contributed by atoms with Gasteiger partial charge in [-0.2, -0.15) is 52.7 Å². The zero-order chi connectivity index (χ0) is 19.7. The molecule has 16 heteroatoms. The number of alkyl halides is 16. The second-order valence-electron chi connectivity index (χ2n) is 3.39. The van der Waals surface area contributed by atoms with Gasteiger partial charge in [-0.15, -0.1) is 0 Å². The molecular formula is C7H2F13I3. The highest BCUT2D eigenvalue weighted by atomic mass is 127. The average Bonchev–Trinajstić information content (AvgIpc) is 2.26. The van der Waals surface area contributed by atoms with E-state index in [0.717, 1.165) is 0 Å². The topological polar surface area (TPSA) is 0 Å². The van der Waals surface area contributed by atoms with Crippen LogP contribution in [0.3, 0.4) is 0 Å². The van der Waals surface area contributed by atoms with E-state index in [2.05, 4.69) is 0 Å². The molecule has 0 radical (unpaired) electrons. The van der Waals surface area contributed by atoms with Gasteiger partial charge in [0.25, 0.3) is 0 Å². The molecule has 0 amide bonds. The fourth-order valence-corrected chi connectivity index (χ4v) is 1.43. The summed E-state index contributed by atoms with van der Waals surface area (Å²) in [5.41, 5.74) is 0. The maximum atomic E-state index is 12.7. The SMILES string of the molecule is FC(F)(I)C(F)(F)C(F)(F)C(F)(F)C(F)(F)C(F)(F)I.FCI. The Balaban J connectivity index is 0. The van der Waals surface area contributed by atoms with Gasteiger partial charge in [-0.25, -0.2) is 4.39 Å². The van der Waals surface area contributed by atoms with Gasteiger partial charge in [-0.3, -0.25) is 0 Å². The third-order valence-electron chi connectivity index (χ3n) is 1.90. The standard InChI is InChI=1S/C6F12I2.CH2FI/c7-1(8,3(11,12)5(15,16)19)2(9,10)4(13,14)6(17,18)20;2-1-3/h;1H2. The Morgan fingerprint density at radius 2 is 0.609 bits per heavy atom. The predicted octanol–water partition coefficient (Wildman–Crippen LogP) is 6.93. The fourth-order valence-electron chi connectivity index (χ4n) is 0.750. The molecule has 0 unspecified atom stereocenters. The molecular weight excluding hydrogens is 712 g/mol. The molecule has 0 aromatic heterocycles. The lowest BCUT2D eigenvalue weighted by molar-refractivity contribution is -0.401.